The molecule has 1 aliphatic heterocycles. The van der Waals surface area contributed by atoms with Crippen molar-refractivity contribution in [2.75, 3.05) is 0 Å². The smallest absolute Gasteiger partial charge is 0.128 e. The molecule has 0 aliphatic carbocycles. The zero-order chi connectivity index (χ0) is 9.42. The van der Waals surface area contributed by atoms with Crippen LogP contribution in [-0.4, -0.2) is 11.2 Å². The van der Waals surface area contributed by atoms with Gasteiger partial charge in [-0.2, -0.15) is 0 Å². The molecular weight excluding hydrogens is 232 g/mol. The predicted octanol–water partition coefficient (Wildman–Crippen LogP) is 2.26. The molecule has 1 aliphatic rings. The molecule has 1 unspecified atom stereocenters. The van der Waals surface area contributed by atoms with Crippen molar-refractivity contribution in [3.8, 4) is 5.75 Å². The van der Waals surface area contributed by atoms with Gasteiger partial charge in [-0.1, -0.05) is 15.9 Å². The molecule has 13 heavy (non-hydrogen) atoms. The molecule has 1 heterocycles. The second-order valence-corrected chi connectivity index (χ2v) is 4.26. The first-order chi connectivity index (χ1) is 6.20. The number of hydrogen-bond donors (Lipinski definition) is 1. The molecule has 0 amide bonds. The lowest BCUT2D eigenvalue weighted by Gasteiger charge is -2.07. The van der Waals surface area contributed by atoms with Gasteiger partial charge in [-0.25, -0.2) is 0 Å². The molecule has 70 valence electrons. The minimum atomic E-state index is 0.0362. The molecule has 0 fully saturated rings. The van der Waals surface area contributed by atoms with E-state index in [9.17, 15) is 0 Å². The topological polar surface area (TPSA) is 29.5 Å². The molecule has 2 nitrogen and oxygen atoms in total. The van der Waals surface area contributed by atoms with Crippen LogP contribution in [0.15, 0.2) is 16.6 Å². The van der Waals surface area contributed by atoms with E-state index in [2.05, 4.69) is 22.0 Å². The first-order valence-corrected chi connectivity index (χ1v) is 5.09. The van der Waals surface area contributed by atoms with Crippen LogP contribution in [0, 0.1) is 0 Å². The molecule has 0 saturated carbocycles. The number of aliphatic hydroxyl groups excluding tert-OH is 1. The highest BCUT2D eigenvalue weighted by molar-refractivity contribution is 9.10. The molecule has 3 heteroatoms. The molecule has 0 aromatic heterocycles. The van der Waals surface area contributed by atoms with Crippen molar-refractivity contribution in [3.05, 3.63) is 27.7 Å². The number of fused-ring (bicyclic) bond motifs is 1. The van der Waals surface area contributed by atoms with Gasteiger partial charge in [-0.05, 0) is 24.6 Å². The molecular formula is C10H11BrO2. The van der Waals surface area contributed by atoms with E-state index in [4.69, 9.17) is 9.84 Å². The lowest BCUT2D eigenvalue weighted by Crippen LogP contribution is -2.05. The molecule has 1 aromatic carbocycles. The molecule has 2 rings (SSSR count). The maximum atomic E-state index is 9.11. The summed E-state index contributed by atoms with van der Waals surface area (Å²) in [5.74, 6) is 0.873. The van der Waals surface area contributed by atoms with Crippen molar-refractivity contribution < 1.29 is 9.84 Å². The third kappa shape index (κ3) is 1.58. The fourth-order valence-corrected chi connectivity index (χ4v) is 2.24. The van der Waals surface area contributed by atoms with Crippen LogP contribution in [-0.2, 0) is 13.0 Å². The minimum Gasteiger partial charge on any atom is -0.490 e. The Morgan fingerprint density at radius 2 is 2.38 bits per heavy atom. The summed E-state index contributed by atoms with van der Waals surface area (Å²) in [5.41, 5.74) is 2.06. The quantitative estimate of drug-likeness (QED) is 0.819. The summed E-state index contributed by atoms with van der Waals surface area (Å²) < 4.78 is 6.61. The Morgan fingerprint density at radius 3 is 3.08 bits per heavy atom. The SMILES string of the molecule is CC1Cc2cc(Br)cc(CO)c2O1. The van der Waals surface area contributed by atoms with Crippen LogP contribution in [0.3, 0.4) is 0 Å². The molecule has 1 N–H and O–H groups in total. The summed E-state index contributed by atoms with van der Waals surface area (Å²) in [5, 5.41) is 9.11. The van der Waals surface area contributed by atoms with Crippen LogP contribution in [0.4, 0.5) is 0 Å². The zero-order valence-corrected chi connectivity index (χ0v) is 8.97. The number of benzene rings is 1. The second kappa shape index (κ2) is 3.31. The van der Waals surface area contributed by atoms with Crippen molar-refractivity contribution >= 4 is 15.9 Å². The summed E-state index contributed by atoms with van der Waals surface area (Å²) >= 11 is 3.41. The Kier molecular flexibility index (Phi) is 2.30. The predicted molar refractivity (Wildman–Crippen MR) is 53.9 cm³/mol. The number of aliphatic hydroxyl groups is 1. The average Bonchev–Trinajstić information content (AvgIpc) is 2.43. The van der Waals surface area contributed by atoms with Gasteiger partial charge in [-0.3, -0.25) is 0 Å². The van der Waals surface area contributed by atoms with Crippen LogP contribution in [0.5, 0.6) is 5.75 Å². The van der Waals surface area contributed by atoms with Crippen molar-refractivity contribution in [1.29, 1.82) is 0 Å². The number of hydrogen-bond acceptors (Lipinski definition) is 2. The molecule has 1 aromatic rings. The Bertz CT molecular complexity index is 336. The van der Waals surface area contributed by atoms with E-state index >= 15 is 0 Å². The van der Waals surface area contributed by atoms with Gasteiger partial charge in [0.15, 0.2) is 0 Å². The van der Waals surface area contributed by atoms with Crippen LogP contribution in [0.1, 0.15) is 18.1 Å². The molecule has 0 saturated heterocycles. The zero-order valence-electron chi connectivity index (χ0n) is 7.38. The number of ether oxygens (including phenoxy) is 1. The van der Waals surface area contributed by atoms with E-state index in [1.54, 1.807) is 0 Å². The molecule has 0 radical (unpaired) electrons. The summed E-state index contributed by atoms with van der Waals surface area (Å²) in [4.78, 5) is 0. The maximum absolute atomic E-state index is 9.11. The third-order valence-corrected chi connectivity index (χ3v) is 2.66. The van der Waals surface area contributed by atoms with Gasteiger partial charge in [0.2, 0.25) is 0 Å². The first-order valence-electron chi connectivity index (χ1n) is 4.29. The van der Waals surface area contributed by atoms with E-state index in [-0.39, 0.29) is 12.7 Å². The fraction of sp³-hybridized carbons (Fsp3) is 0.400. The van der Waals surface area contributed by atoms with Gasteiger partial charge in [0, 0.05) is 16.5 Å². The van der Waals surface area contributed by atoms with E-state index in [0.717, 1.165) is 22.2 Å². The minimum absolute atomic E-state index is 0.0362. The van der Waals surface area contributed by atoms with Gasteiger partial charge in [-0.15, -0.1) is 0 Å². The van der Waals surface area contributed by atoms with Crippen molar-refractivity contribution in [1.82, 2.24) is 0 Å². The summed E-state index contributed by atoms with van der Waals surface area (Å²) in [7, 11) is 0. The fourth-order valence-electron chi connectivity index (χ4n) is 1.68. The third-order valence-electron chi connectivity index (χ3n) is 2.20. The van der Waals surface area contributed by atoms with Gasteiger partial charge in [0.25, 0.3) is 0 Å². The van der Waals surface area contributed by atoms with Crippen LogP contribution >= 0.6 is 15.9 Å². The molecule has 1 atom stereocenters. The lowest BCUT2D eigenvalue weighted by molar-refractivity contribution is 0.237. The molecule has 0 spiro atoms. The highest BCUT2D eigenvalue weighted by atomic mass is 79.9. The molecule has 0 bridgehead atoms. The van der Waals surface area contributed by atoms with Crippen molar-refractivity contribution in [2.24, 2.45) is 0 Å². The van der Waals surface area contributed by atoms with Crippen molar-refractivity contribution in [3.63, 3.8) is 0 Å². The maximum Gasteiger partial charge on any atom is 0.128 e. The van der Waals surface area contributed by atoms with E-state index in [1.165, 1.54) is 5.56 Å². The van der Waals surface area contributed by atoms with Crippen LogP contribution in [0.25, 0.3) is 0 Å². The van der Waals surface area contributed by atoms with Crippen LogP contribution < -0.4 is 4.74 Å². The van der Waals surface area contributed by atoms with Crippen molar-refractivity contribution in [2.45, 2.75) is 26.1 Å². The Morgan fingerprint density at radius 1 is 1.62 bits per heavy atom. The largest absolute Gasteiger partial charge is 0.490 e. The Labute approximate surface area is 85.7 Å². The monoisotopic (exact) mass is 242 g/mol. The van der Waals surface area contributed by atoms with Gasteiger partial charge in [0.05, 0.1) is 6.61 Å². The standard InChI is InChI=1S/C10H11BrO2/c1-6-2-7-3-9(11)4-8(5-12)10(7)13-6/h3-4,6,12H,2,5H2,1H3. The van der Waals surface area contributed by atoms with Gasteiger partial charge < -0.3 is 9.84 Å². The Hall–Kier alpha value is -0.540. The first kappa shape index (κ1) is 9.03. The second-order valence-electron chi connectivity index (χ2n) is 3.34. The highest BCUT2D eigenvalue weighted by Gasteiger charge is 2.22. The lowest BCUT2D eigenvalue weighted by atomic mass is 10.1. The van der Waals surface area contributed by atoms with E-state index < -0.39 is 0 Å². The van der Waals surface area contributed by atoms with Crippen LogP contribution in [0.2, 0.25) is 0 Å². The summed E-state index contributed by atoms with van der Waals surface area (Å²) in [6.45, 7) is 2.07. The normalized spacial score (nSPS) is 19.8. The van der Waals surface area contributed by atoms with Gasteiger partial charge in [0.1, 0.15) is 11.9 Å². The van der Waals surface area contributed by atoms with Gasteiger partial charge >= 0.3 is 0 Å². The number of rotatable bonds is 1. The van der Waals surface area contributed by atoms with E-state index in [1.807, 2.05) is 13.0 Å². The highest BCUT2D eigenvalue weighted by Crippen LogP contribution is 2.35. The Balaban J connectivity index is 2.50. The number of halogens is 1. The van der Waals surface area contributed by atoms with E-state index in [0.29, 0.717) is 0 Å². The summed E-state index contributed by atoms with van der Waals surface area (Å²) in [6.07, 6.45) is 1.16. The average molecular weight is 243 g/mol. The summed E-state index contributed by atoms with van der Waals surface area (Å²) in [6, 6.07) is 3.95.